The zero-order chi connectivity index (χ0) is 14.7. The molecular weight excluding hydrogens is 288 g/mol. The summed E-state index contributed by atoms with van der Waals surface area (Å²) in [6, 6.07) is 6.89. The predicted octanol–water partition coefficient (Wildman–Crippen LogP) is -0.344. The van der Waals surface area contributed by atoms with Crippen molar-refractivity contribution in [2.24, 2.45) is 0 Å². The van der Waals surface area contributed by atoms with Crippen molar-refractivity contribution in [3.8, 4) is 0 Å². The van der Waals surface area contributed by atoms with Crippen LogP contribution < -0.4 is 0 Å². The summed E-state index contributed by atoms with van der Waals surface area (Å²) in [4.78, 5) is 0. The van der Waals surface area contributed by atoms with Crippen LogP contribution in [0.5, 0.6) is 0 Å². The first kappa shape index (κ1) is 15.7. The van der Waals surface area contributed by atoms with Gasteiger partial charge in [-0.15, -0.1) is 0 Å². The molecule has 1 saturated heterocycles. The van der Waals surface area contributed by atoms with Crippen molar-refractivity contribution in [1.29, 1.82) is 0 Å². The first-order chi connectivity index (χ1) is 9.52. The molecular formula is C13H17ClO6. The van der Waals surface area contributed by atoms with E-state index in [-0.39, 0.29) is 6.61 Å². The second kappa shape index (κ2) is 6.82. The average molecular weight is 305 g/mol. The van der Waals surface area contributed by atoms with Crippen LogP contribution in [-0.4, -0.2) is 57.7 Å². The zero-order valence-corrected chi connectivity index (χ0v) is 11.3. The molecule has 0 aliphatic carbocycles. The van der Waals surface area contributed by atoms with Crippen LogP contribution in [0.25, 0.3) is 0 Å². The molecule has 7 heteroatoms. The fourth-order valence-electron chi connectivity index (χ4n) is 2.04. The highest BCUT2D eigenvalue weighted by Crippen LogP contribution is 2.23. The van der Waals surface area contributed by atoms with Crippen molar-refractivity contribution in [3.63, 3.8) is 0 Å². The maximum absolute atomic E-state index is 9.94. The summed E-state index contributed by atoms with van der Waals surface area (Å²) in [6.07, 6.45) is -6.17. The Morgan fingerprint density at radius 1 is 1.10 bits per heavy atom. The molecule has 0 bridgehead atoms. The smallest absolute Gasteiger partial charge is 0.184 e. The molecule has 6 nitrogen and oxygen atoms in total. The molecule has 4 N–H and O–H groups in total. The molecule has 1 aromatic rings. The van der Waals surface area contributed by atoms with Gasteiger partial charge in [0.15, 0.2) is 6.29 Å². The van der Waals surface area contributed by atoms with Gasteiger partial charge in [0.1, 0.15) is 24.4 Å². The third-order valence-electron chi connectivity index (χ3n) is 3.20. The molecule has 20 heavy (non-hydrogen) atoms. The minimum atomic E-state index is -1.51. The molecule has 112 valence electrons. The molecule has 0 radical (unpaired) electrons. The highest BCUT2D eigenvalue weighted by molar-refractivity contribution is 6.30. The van der Waals surface area contributed by atoms with Crippen LogP contribution in [0.2, 0.25) is 5.02 Å². The van der Waals surface area contributed by atoms with Crippen molar-refractivity contribution in [1.82, 2.24) is 0 Å². The lowest BCUT2D eigenvalue weighted by Gasteiger charge is -2.39. The summed E-state index contributed by atoms with van der Waals surface area (Å²) in [5.74, 6) is 0. The first-order valence-electron chi connectivity index (χ1n) is 6.19. The molecule has 5 atom stereocenters. The largest absolute Gasteiger partial charge is 0.394 e. The van der Waals surface area contributed by atoms with Gasteiger partial charge >= 0.3 is 0 Å². The van der Waals surface area contributed by atoms with Crippen LogP contribution in [0.1, 0.15) is 5.56 Å². The number of hydrogen-bond acceptors (Lipinski definition) is 6. The summed E-state index contributed by atoms with van der Waals surface area (Å²) >= 11 is 5.77. The minimum absolute atomic E-state index is 0.126. The van der Waals surface area contributed by atoms with E-state index < -0.39 is 37.3 Å². The molecule has 0 saturated carbocycles. The molecule has 1 aliphatic heterocycles. The van der Waals surface area contributed by atoms with Crippen LogP contribution >= 0.6 is 11.6 Å². The monoisotopic (exact) mass is 304 g/mol. The Hall–Kier alpha value is -0.730. The average Bonchev–Trinajstić information content (AvgIpc) is 2.44. The van der Waals surface area contributed by atoms with E-state index in [2.05, 4.69) is 0 Å². The Balaban J connectivity index is 2.00. The van der Waals surface area contributed by atoms with E-state index in [9.17, 15) is 15.3 Å². The molecule has 1 fully saturated rings. The quantitative estimate of drug-likeness (QED) is 0.607. The van der Waals surface area contributed by atoms with Crippen molar-refractivity contribution in [3.05, 3.63) is 34.9 Å². The molecule has 1 aromatic carbocycles. The third-order valence-corrected chi connectivity index (χ3v) is 3.45. The van der Waals surface area contributed by atoms with Gasteiger partial charge in [-0.1, -0.05) is 23.7 Å². The summed E-state index contributed by atoms with van der Waals surface area (Å²) in [7, 11) is 0. The second-order valence-corrected chi connectivity index (χ2v) is 5.07. The molecule has 0 unspecified atom stereocenters. The van der Waals surface area contributed by atoms with Crippen LogP contribution in [-0.2, 0) is 16.1 Å². The van der Waals surface area contributed by atoms with Gasteiger partial charge < -0.3 is 29.9 Å². The fourth-order valence-corrected chi connectivity index (χ4v) is 2.16. The second-order valence-electron chi connectivity index (χ2n) is 4.63. The lowest BCUT2D eigenvalue weighted by Crippen LogP contribution is -2.59. The van der Waals surface area contributed by atoms with E-state index in [1.54, 1.807) is 24.3 Å². The Bertz CT molecular complexity index is 425. The van der Waals surface area contributed by atoms with Crippen LogP contribution in [0.15, 0.2) is 24.3 Å². The van der Waals surface area contributed by atoms with E-state index in [0.717, 1.165) is 5.56 Å². The van der Waals surface area contributed by atoms with Crippen LogP contribution in [0.3, 0.4) is 0 Å². The van der Waals surface area contributed by atoms with Gasteiger partial charge in [-0.25, -0.2) is 0 Å². The van der Waals surface area contributed by atoms with Crippen molar-refractivity contribution in [2.45, 2.75) is 37.3 Å². The summed E-state index contributed by atoms with van der Waals surface area (Å²) in [6.45, 7) is -0.355. The Kier molecular flexibility index (Phi) is 5.34. The van der Waals surface area contributed by atoms with E-state index in [0.29, 0.717) is 5.02 Å². The lowest BCUT2D eigenvalue weighted by molar-refractivity contribution is -0.296. The number of halogens is 1. The number of aliphatic hydroxyl groups is 4. The van der Waals surface area contributed by atoms with Crippen molar-refractivity contribution < 1.29 is 29.9 Å². The van der Waals surface area contributed by atoms with Gasteiger partial charge in [-0.3, -0.25) is 0 Å². The number of hydrogen-bond donors (Lipinski definition) is 4. The van der Waals surface area contributed by atoms with Gasteiger partial charge in [0, 0.05) is 5.02 Å². The zero-order valence-electron chi connectivity index (χ0n) is 10.6. The van der Waals surface area contributed by atoms with Gasteiger partial charge in [-0.2, -0.15) is 0 Å². The summed E-state index contributed by atoms with van der Waals surface area (Å²) in [5, 5.41) is 38.9. The molecule has 0 aromatic heterocycles. The van der Waals surface area contributed by atoms with E-state index in [1.165, 1.54) is 0 Å². The van der Waals surface area contributed by atoms with E-state index in [4.69, 9.17) is 26.2 Å². The number of benzene rings is 1. The van der Waals surface area contributed by atoms with Gasteiger partial charge in [0.25, 0.3) is 0 Å². The first-order valence-corrected chi connectivity index (χ1v) is 6.57. The summed E-state index contributed by atoms with van der Waals surface area (Å²) in [5.41, 5.74) is 0.801. The predicted molar refractivity (Wildman–Crippen MR) is 70.0 cm³/mol. The minimum Gasteiger partial charge on any atom is -0.394 e. The summed E-state index contributed by atoms with van der Waals surface area (Å²) < 4.78 is 10.3. The Morgan fingerprint density at radius 2 is 1.75 bits per heavy atom. The highest BCUT2D eigenvalue weighted by Gasteiger charge is 2.44. The SMILES string of the molecule is OC[C@H]1O[C@@H](O)[C@H](O)[C@@H](OCc2ccc(Cl)cc2)[C@@H]1O. The van der Waals surface area contributed by atoms with Crippen LogP contribution in [0, 0.1) is 0 Å². The van der Waals surface area contributed by atoms with E-state index >= 15 is 0 Å². The molecule has 2 rings (SSSR count). The molecule has 1 heterocycles. The molecule has 0 spiro atoms. The normalized spacial score (nSPS) is 34.1. The van der Waals surface area contributed by atoms with Crippen molar-refractivity contribution in [2.75, 3.05) is 6.61 Å². The topological polar surface area (TPSA) is 99.4 Å². The highest BCUT2D eigenvalue weighted by atomic mass is 35.5. The van der Waals surface area contributed by atoms with Crippen LogP contribution in [0.4, 0.5) is 0 Å². The Morgan fingerprint density at radius 3 is 2.35 bits per heavy atom. The lowest BCUT2D eigenvalue weighted by atomic mass is 9.99. The number of rotatable bonds is 4. The van der Waals surface area contributed by atoms with Gasteiger partial charge in [0.2, 0.25) is 0 Å². The fraction of sp³-hybridized carbons (Fsp3) is 0.538. The number of ether oxygens (including phenoxy) is 2. The third kappa shape index (κ3) is 3.48. The maximum atomic E-state index is 9.94. The standard InChI is InChI=1S/C13H17ClO6/c14-8-3-1-7(2-4-8)6-19-12-10(16)9(5-15)20-13(18)11(12)17/h1-4,9-13,15-18H,5-6H2/t9-,10-,11-,12+,13-/m1/s1. The maximum Gasteiger partial charge on any atom is 0.184 e. The van der Waals surface area contributed by atoms with Gasteiger partial charge in [-0.05, 0) is 17.7 Å². The van der Waals surface area contributed by atoms with Gasteiger partial charge in [0.05, 0.1) is 13.2 Å². The van der Waals surface area contributed by atoms with E-state index in [1.807, 2.05) is 0 Å². The Labute approximate surface area is 121 Å². The molecule has 0 amide bonds. The number of aliphatic hydroxyl groups excluding tert-OH is 4. The molecule has 1 aliphatic rings. The van der Waals surface area contributed by atoms with Crippen molar-refractivity contribution >= 4 is 11.6 Å².